The minimum Gasteiger partial charge on any atom is -0.497 e. The summed E-state index contributed by atoms with van der Waals surface area (Å²) < 4.78 is 17.3. The van der Waals surface area contributed by atoms with Crippen molar-refractivity contribution in [3.63, 3.8) is 0 Å². The highest BCUT2D eigenvalue weighted by Crippen LogP contribution is 2.41. The quantitative estimate of drug-likeness (QED) is 0.826. The highest BCUT2D eigenvalue weighted by molar-refractivity contribution is 5.81. The first-order valence-electron chi connectivity index (χ1n) is 9.31. The summed E-state index contributed by atoms with van der Waals surface area (Å²) in [7, 11) is 1.63. The van der Waals surface area contributed by atoms with Crippen LogP contribution in [0.2, 0.25) is 0 Å². The number of fused-ring (bicyclic) bond motifs is 1. The first-order chi connectivity index (χ1) is 12.9. The zero-order valence-electron chi connectivity index (χ0n) is 16.3. The van der Waals surface area contributed by atoms with Gasteiger partial charge in [-0.2, -0.15) is 0 Å². The molecule has 0 bridgehead atoms. The van der Waals surface area contributed by atoms with Crippen molar-refractivity contribution < 1.29 is 19.0 Å². The lowest BCUT2D eigenvalue weighted by Crippen LogP contribution is -2.45. The van der Waals surface area contributed by atoms with Gasteiger partial charge in [0.1, 0.15) is 22.8 Å². The topological polar surface area (TPSA) is 56.8 Å². The monoisotopic (exact) mass is 369 g/mol. The molecule has 2 aromatic carbocycles. The lowest BCUT2D eigenvalue weighted by Gasteiger charge is -2.38. The molecule has 0 aromatic heterocycles. The number of benzene rings is 2. The molecule has 0 saturated heterocycles. The van der Waals surface area contributed by atoms with Crippen molar-refractivity contribution in [3.05, 3.63) is 54.1 Å². The van der Waals surface area contributed by atoms with E-state index in [-0.39, 0.29) is 17.6 Å². The maximum Gasteiger partial charge on any atom is 0.261 e. The number of hydrogen-bond donors (Lipinski definition) is 1. The standard InChI is InChI=1S/C22H27NO4/c1-5-19(26-15-9-7-6-8-10-15)21(24)23-18-14-22(2,3)27-20-13-16(25-4)11-12-17(18)20/h6-13,18-19H,5,14H2,1-4H3,(H,23,24). The molecule has 0 fully saturated rings. The van der Waals surface area contributed by atoms with Crippen LogP contribution in [0.3, 0.4) is 0 Å². The van der Waals surface area contributed by atoms with Gasteiger partial charge in [-0.3, -0.25) is 4.79 Å². The van der Waals surface area contributed by atoms with E-state index in [0.29, 0.717) is 18.6 Å². The SMILES string of the molecule is CCC(Oc1ccccc1)C(=O)NC1CC(C)(C)Oc2cc(OC)ccc21. The zero-order chi connectivity index (χ0) is 19.4. The van der Waals surface area contributed by atoms with Crippen molar-refractivity contribution in [3.8, 4) is 17.2 Å². The number of nitrogens with one attached hydrogen (secondary N) is 1. The number of carbonyl (C=O) groups excluding carboxylic acids is 1. The largest absolute Gasteiger partial charge is 0.497 e. The lowest BCUT2D eigenvalue weighted by atomic mass is 9.89. The van der Waals surface area contributed by atoms with Gasteiger partial charge in [-0.1, -0.05) is 25.1 Å². The van der Waals surface area contributed by atoms with Gasteiger partial charge in [-0.05, 0) is 44.5 Å². The van der Waals surface area contributed by atoms with Crippen LogP contribution in [0, 0.1) is 0 Å². The molecule has 1 amide bonds. The molecular formula is C22H27NO4. The molecule has 0 radical (unpaired) electrons. The van der Waals surface area contributed by atoms with Crippen LogP contribution in [-0.4, -0.2) is 24.7 Å². The predicted molar refractivity (Wildman–Crippen MR) is 104 cm³/mol. The van der Waals surface area contributed by atoms with E-state index in [1.807, 2.05) is 69.3 Å². The van der Waals surface area contributed by atoms with Crippen LogP contribution < -0.4 is 19.5 Å². The highest BCUT2D eigenvalue weighted by atomic mass is 16.5. The Morgan fingerprint density at radius 3 is 2.63 bits per heavy atom. The molecule has 1 heterocycles. The van der Waals surface area contributed by atoms with E-state index in [0.717, 1.165) is 17.1 Å². The summed E-state index contributed by atoms with van der Waals surface area (Å²) in [6.45, 7) is 5.98. The fraction of sp³-hybridized carbons (Fsp3) is 0.409. The second-order valence-corrected chi connectivity index (χ2v) is 7.36. The molecule has 5 nitrogen and oxygen atoms in total. The summed E-state index contributed by atoms with van der Waals surface area (Å²) in [6.07, 6.45) is 0.725. The summed E-state index contributed by atoms with van der Waals surface area (Å²) in [5.41, 5.74) is 0.567. The number of hydrogen-bond acceptors (Lipinski definition) is 4. The summed E-state index contributed by atoms with van der Waals surface area (Å²) in [5, 5.41) is 3.15. The maximum atomic E-state index is 12.9. The van der Waals surface area contributed by atoms with Gasteiger partial charge in [0, 0.05) is 18.1 Å². The van der Waals surface area contributed by atoms with E-state index < -0.39 is 6.10 Å². The van der Waals surface area contributed by atoms with Gasteiger partial charge in [0.15, 0.2) is 6.10 Å². The van der Waals surface area contributed by atoms with Crippen LogP contribution in [0.4, 0.5) is 0 Å². The predicted octanol–water partition coefficient (Wildman–Crippen LogP) is 4.27. The molecule has 1 aliphatic heterocycles. The van der Waals surface area contributed by atoms with Crippen LogP contribution in [0.15, 0.2) is 48.5 Å². The first kappa shape index (κ1) is 19.1. The van der Waals surface area contributed by atoms with E-state index >= 15 is 0 Å². The Balaban J connectivity index is 1.78. The number of methoxy groups -OCH3 is 1. The van der Waals surface area contributed by atoms with Crippen LogP contribution in [0.1, 0.15) is 45.2 Å². The molecule has 2 aromatic rings. The molecule has 3 rings (SSSR count). The molecule has 2 atom stereocenters. The Kier molecular flexibility index (Phi) is 5.59. The molecule has 144 valence electrons. The van der Waals surface area contributed by atoms with Gasteiger partial charge >= 0.3 is 0 Å². The second kappa shape index (κ2) is 7.91. The van der Waals surface area contributed by atoms with Gasteiger partial charge in [-0.15, -0.1) is 0 Å². The Morgan fingerprint density at radius 1 is 1.22 bits per heavy atom. The normalized spacial score (nSPS) is 18.6. The molecule has 5 heteroatoms. The highest BCUT2D eigenvalue weighted by Gasteiger charge is 2.36. The first-order valence-corrected chi connectivity index (χ1v) is 9.31. The molecule has 1 N–H and O–H groups in total. The molecule has 27 heavy (non-hydrogen) atoms. The van der Waals surface area contributed by atoms with Gasteiger partial charge in [0.25, 0.3) is 5.91 Å². The van der Waals surface area contributed by atoms with Gasteiger partial charge in [0.05, 0.1) is 13.2 Å². The number of amides is 1. The van der Waals surface area contributed by atoms with Crippen molar-refractivity contribution in [1.82, 2.24) is 5.32 Å². The number of ether oxygens (including phenoxy) is 3. The summed E-state index contributed by atoms with van der Waals surface area (Å²) >= 11 is 0. The average molecular weight is 369 g/mol. The molecule has 0 saturated carbocycles. The Hall–Kier alpha value is -2.69. The fourth-order valence-electron chi connectivity index (χ4n) is 3.34. The lowest BCUT2D eigenvalue weighted by molar-refractivity contribution is -0.129. The van der Waals surface area contributed by atoms with Crippen molar-refractivity contribution in [1.29, 1.82) is 0 Å². The minimum absolute atomic E-state index is 0.120. The number of carbonyl (C=O) groups is 1. The van der Waals surface area contributed by atoms with E-state index in [9.17, 15) is 4.79 Å². The summed E-state index contributed by atoms with van der Waals surface area (Å²) in [4.78, 5) is 12.9. The number of para-hydroxylation sites is 1. The fourth-order valence-corrected chi connectivity index (χ4v) is 3.34. The zero-order valence-corrected chi connectivity index (χ0v) is 16.3. The average Bonchev–Trinajstić information content (AvgIpc) is 2.65. The van der Waals surface area contributed by atoms with Crippen molar-refractivity contribution in [2.75, 3.05) is 7.11 Å². The summed E-state index contributed by atoms with van der Waals surface area (Å²) in [6, 6.07) is 15.0. The molecular weight excluding hydrogens is 342 g/mol. The molecule has 0 spiro atoms. The van der Waals surface area contributed by atoms with Crippen LogP contribution >= 0.6 is 0 Å². The Bertz CT molecular complexity index is 788. The van der Waals surface area contributed by atoms with Crippen molar-refractivity contribution >= 4 is 5.91 Å². The van der Waals surface area contributed by atoms with Gasteiger partial charge in [0.2, 0.25) is 0 Å². The molecule has 0 aliphatic carbocycles. The maximum absolute atomic E-state index is 12.9. The van der Waals surface area contributed by atoms with Crippen LogP contribution in [0.25, 0.3) is 0 Å². The second-order valence-electron chi connectivity index (χ2n) is 7.36. The van der Waals surface area contributed by atoms with E-state index in [1.54, 1.807) is 7.11 Å². The smallest absolute Gasteiger partial charge is 0.261 e. The third kappa shape index (κ3) is 4.54. The van der Waals surface area contributed by atoms with Crippen LogP contribution in [-0.2, 0) is 4.79 Å². The van der Waals surface area contributed by atoms with Gasteiger partial charge < -0.3 is 19.5 Å². The third-order valence-corrected chi connectivity index (χ3v) is 4.68. The van der Waals surface area contributed by atoms with Crippen molar-refractivity contribution in [2.45, 2.75) is 51.4 Å². The van der Waals surface area contributed by atoms with E-state index in [4.69, 9.17) is 14.2 Å². The van der Waals surface area contributed by atoms with Crippen LogP contribution in [0.5, 0.6) is 17.2 Å². The van der Waals surface area contributed by atoms with Crippen molar-refractivity contribution in [2.24, 2.45) is 0 Å². The third-order valence-electron chi connectivity index (χ3n) is 4.68. The Morgan fingerprint density at radius 2 is 1.96 bits per heavy atom. The number of rotatable bonds is 6. The molecule has 1 aliphatic rings. The summed E-state index contributed by atoms with van der Waals surface area (Å²) in [5.74, 6) is 2.05. The molecule has 2 unspecified atom stereocenters. The van der Waals surface area contributed by atoms with E-state index in [2.05, 4.69) is 5.32 Å². The Labute approximate surface area is 160 Å². The van der Waals surface area contributed by atoms with Gasteiger partial charge in [-0.25, -0.2) is 0 Å². The van der Waals surface area contributed by atoms with E-state index in [1.165, 1.54) is 0 Å². The minimum atomic E-state index is -0.542.